The summed E-state index contributed by atoms with van der Waals surface area (Å²) in [4.78, 5) is 13.1. The summed E-state index contributed by atoms with van der Waals surface area (Å²) in [5.74, 6) is -0.490. The summed E-state index contributed by atoms with van der Waals surface area (Å²) in [6.07, 6.45) is 1.50. The Hall–Kier alpha value is -2.90. The number of nitrogens with zero attached hydrogens (tertiary/aromatic N) is 1. The molecule has 132 valence electrons. The third-order valence-electron chi connectivity index (χ3n) is 3.69. The monoisotopic (exact) mass is 341 g/mol. The summed E-state index contributed by atoms with van der Waals surface area (Å²) in [7, 11) is 1.76. The molecule has 0 heterocycles. The molecule has 2 aromatic rings. The van der Waals surface area contributed by atoms with E-state index in [9.17, 15) is 4.79 Å². The highest BCUT2D eigenvalue weighted by molar-refractivity contribution is 5.93. The van der Waals surface area contributed by atoms with Gasteiger partial charge in [-0.05, 0) is 29.4 Å². The van der Waals surface area contributed by atoms with E-state index >= 15 is 0 Å². The molecular formula is C18H23N5O2. The lowest BCUT2D eigenvalue weighted by molar-refractivity contribution is -0.129. The predicted octanol–water partition coefficient (Wildman–Crippen LogP) is 1.19. The van der Waals surface area contributed by atoms with Crippen LogP contribution in [0.4, 0.5) is 0 Å². The van der Waals surface area contributed by atoms with Gasteiger partial charge in [0.1, 0.15) is 12.4 Å². The maximum Gasteiger partial charge on any atom is 0.262 e. The fraction of sp³-hybridized carbons (Fsp3) is 0.222. The molecule has 25 heavy (non-hydrogen) atoms. The molecule has 7 heteroatoms. The lowest BCUT2D eigenvalue weighted by atomic mass is 10.1. The van der Waals surface area contributed by atoms with E-state index in [1.807, 2.05) is 42.5 Å². The third-order valence-corrected chi connectivity index (χ3v) is 3.69. The minimum absolute atomic E-state index is 0.101. The molecule has 1 amide bonds. The Kier molecular flexibility index (Phi) is 6.50. The zero-order chi connectivity index (χ0) is 18.2. The zero-order valence-corrected chi connectivity index (χ0v) is 14.1. The molecule has 0 atom stereocenters. The normalized spacial score (nSPS) is 11.4. The summed E-state index contributed by atoms with van der Waals surface area (Å²) in [5.41, 5.74) is 8.88. The number of carbonyl (C=O) groups is 1. The summed E-state index contributed by atoms with van der Waals surface area (Å²) in [6, 6.07) is 14.0. The Bertz CT molecular complexity index is 788. The molecule has 7 nitrogen and oxygen atoms in total. The fourth-order valence-corrected chi connectivity index (χ4v) is 2.51. The maximum absolute atomic E-state index is 11.6. The van der Waals surface area contributed by atoms with Crippen molar-refractivity contribution in [2.24, 2.45) is 5.73 Å². The minimum Gasteiger partial charge on any atom is -0.401 e. The van der Waals surface area contributed by atoms with Gasteiger partial charge in [-0.2, -0.15) is 0 Å². The number of benzene rings is 2. The van der Waals surface area contributed by atoms with E-state index in [4.69, 9.17) is 16.4 Å². The van der Waals surface area contributed by atoms with E-state index in [0.29, 0.717) is 18.8 Å². The van der Waals surface area contributed by atoms with Crippen molar-refractivity contribution in [3.8, 4) is 0 Å². The highest BCUT2D eigenvalue weighted by Gasteiger charge is 2.14. The first-order valence-electron chi connectivity index (χ1n) is 7.88. The van der Waals surface area contributed by atoms with Crippen LogP contribution in [0.1, 0.15) is 5.56 Å². The highest BCUT2D eigenvalue weighted by Crippen LogP contribution is 2.17. The molecule has 6 N–H and O–H groups in total. The second-order valence-electron chi connectivity index (χ2n) is 5.71. The third kappa shape index (κ3) is 5.30. The highest BCUT2D eigenvalue weighted by atomic mass is 16.5. The van der Waals surface area contributed by atoms with Gasteiger partial charge >= 0.3 is 0 Å². The first-order chi connectivity index (χ1) is 12.0. The van der Waals surface area contributed by atoms with Gasteiger partial charge < -0.3 is 16.0 Å². The Morgan fingerprint density at radius 2 is 2.00 bits per heavy atom. The molecule has 0 saturated carbocycles. The number of amidine groups is 1. The van der Waals surface area contributed by atoms with Crippen molar-refractivity contribution in [2.75, 3.05) is 20.1 Å². The van der Waals surface area contributed by atoms with Crippen molar-refractivity contribution in [1.29, 1.82) is 5.41 Å². The van der Waals surface area contributed by atoms with Gasteiger partial charge in [-0.3, -0.25) is 15.4 Å². The molecule has 0 aromatic heterocycles. The van der Waals surface area contributed by atoms with Crippen LogP contribution in [-0.4, -0.2) is 42.0 Å². The summed E-state index contributed by atoms with van der Waals surface area (Å²) >= 11 is 0. The molecule has 2 rings (SSSR count). The van der Waals surface area contributed by atoms with Crippen LogP contribution in [0.3, 0.4) is 0 Å². The van der Waals surface area contributed by atoms with Crippen LogP contribution >= 0.6 is 0 Å². The average molecular weight is 341 g/mol. The molecule has 0 aliphatic carbocycles. The standard InChI is InChI=1S/C18H23N5O2/c1-21-10-16(19)9-17(20)23(12-18(24)22-25)11-13-6-7-14-4-2-3-5-15(14)8-13/h2-9,20-21,25H,10-12,19H2,1H3,(H,22,24)/b16-9-,20-17?. The molecule has 0 aliphatic heterocycles. The Balaban J connectivity index is 2.23. The number of hydrogen-bond donors (Lipinski definition) is 5. The van der Waals surface area contributed by atoms with Crippen LogP contribution in [0, 0.1) is 5.41 Å². The molecule has 0 aliphatic rings. The number of nitrogens with two attached hydrogens (primary N) is 1. The Morgan fingerprint density at radius 1 is 1.28 bits per heavy atom. The van der Waals surface area contributed by atoms with Gasteiger partial charge in [-0.15, -0.1) is 0 Å². The quantitative estimate of drug-likeness (QED) is 0.225. The number of carbonyl (C=O) groups excluding carboxylic acids is 1. The van der Waals surface area contributed by atoms with Crippen LogP contribution in [0.25, 0.3) is 10.8 Å². The van der Waals surface area contributed by atoms with Crippen molar-refractivity contribution in [1.82, 2.24) is 15.7 Å². The van der Waals surface area contributed by atoms with Crippen molar-refractivity contribution < 1.29 is 10.0 Å². The number of hydrogen-bond acceptors (Lipinski definition) is 5. The number of amides is 1. The van der Waals surface area contributed by atoms with Crippen LogP contribution in [0.2, 0.25) is 0 Å². The summed E-state index contributed by atoms with van der Waals surface area (Å²) in [5, 5.41) is 22.1. The summed E-state index contributed by atoms with van der Waals surface area (Å²) < 4.78 is 0. The fourth-order valence-electron chi connectivity index (χ4n) is 2.51. The van der Waals surface area contributed by atoms with Gasteiger partial charge in [0.05, 0.1) is 0 Å². The van der Waals surface area contributed by atoms with E-state index in [1.165, 1.54) is 11.0 Å². The van der Waals surface area contributed by atoms with Crippen LogP contribution in [0.15, 0.2) is 54.2 Å². The topological polar surface area (TPSA) is 114 Å². The van der Waals surface area contributed by atoms with Crippen molar-refractivity contribution in [2.45, 2.75) is 6.54 Å². The SMILES string of the molecule is CNC/C(N)=C/C(=N)N(CC(=O)NO)Cc1ccc2ccccc2c1. The second-order valence-corrected chi connectivity index (χ2v) is 5.71. The molecule has 0 saturated heterocycles. The molecule has 0 fully saturated rings. The lowest BCUT2D eigenvalue weighted by Gasteiger charge is -2.23. The summed E-state index contributed by atoms with van der Waals surface area (Å²) in [6.45, 7) is 0.643. The number of fused-ring (bicyclic) bond motifs is 1. The van der Waals surface area contributed by atoms with Gasteiger partial charge in [-0.1, -0.05) is 36.4 Å². The average Bonchev–Trinajstić information content (AvgIpc) is 2.61. The number of rotatable bonds is 7. The predicted molar refractivity (Wildman–Crippen MR) is 98.2 cm³/mol. The largest absolute Gasteiger partial charge is 0.401 e. The molecule has 0 radical (unpaired) electrons. The van der Waals surface area contributed by atoms with Gasteiger partial charge in [-0.25, -0.2) is 5.48 Å². The smallest absolute Gasteiger partial charge is 0.262 e. The Morgan fingerprint density at radius 3 is 2.68 bits per heavy atom. The minimum atomic E-state index is -0.592. The van der Waals surface area contributed by atoms with Crippen molar-refractivity contribution >= 4 is 22.5 Å². The van der Waals surface area contributed by atoms with Crippen molar-refractivity contribution in [3.05, 3.63) is 59.8 Å². The van der Waals surface area contributed by atoms with Gasteiger partial charge in [0, 0.05) is 24.9 Å². The van der Waals surface area contributed by atoms with Gasteiger partial charge in [0.2, 0.25) is 0 Å². The van der Waals surface area contributed by atoms with E-state index in [1.54, 1.807) is 12.5 Å². The lowest BCUT2D eigenvalue weighted by Crippen LogP contribution is -2.38. The first-order valence-corrected chi connectivity index (χ1v) is 7.88. The zero-order valence-electron chi connectivity index (χ0n) is 14.1. The van der Waals surface area contributed by atoms with E-state index in [-0.39, 0.29) is 12.4 Å². The van der Waals surface area contributed by atoms with Crippen LogP contribution in [-0.2, 0) is 11.3 Å². The van der Waals surface area contributed by atoms with E-state index in [2.05, 4.69) is 5.32 Å². The van der Waals surface area contributed by atoms with E-state index < -0.39 is 5.91 Å². The molecule has 0 spiro atoms. The van der Waals surface area contributed by atoms with Gasteiger partial charge in [0.25, 0.3) is 5.91 Å². The van der Waals surface area contributed by atoms with Crippen LogP contribution < -0.4 is 16.5 Å². The number of nitrogens with one attached hydrogen (secondary N) is 3. The second kappa shape index (κ2) is 8.81. The molecule has 2 aromatic carbocycles. The Labute approximate surface area is 146 Å². The van der Waals surface area contributed by atoms with E-state index in [0.717, 1.165) is 16.3 Å². The molecule has 0 bridgehead atoms. The maximum atomic E-state index is 11.6. The number of hydroxylamine groups is 1. The van der Waals surface area contributed by atoms with Crippen LogP contribution in [0.5, 0.6) is 0 Å². The molecule has 0 unspecified atom stereocenters. The molecular weight excluding hydrogens is 318 g/mol. The first kappa shape index (κ1) is 18.4. The van der Waals surface area contributed by atoms with Gasteiger partial charge in [0.15, 0.2) is 0 Å². The number of likely N-dealkylation sites (N-methyl/N-ethyl adjacent to an activating group) is 1. The van der Waals surface area contributed by atoms with Crippen molar-refractivity contribution in [3.63, 3.8) is 0 Å².